The predicted octanol–water partition coefficient (Wildman–Crippen LogP) is 2.36. The van der Waals surface area contributed by atoms with Gasteiger partial charge in [-0.15, -0.1) is 0 Å². The van der Waals surface area contributed by atoms with Crippen LogP contribution in [0.3, 0.4) is 0 Å². The van der Waals surface area contributed by atoms with Crippen molar-refractivity contribution in [3.05, 3.63) is 41.3 Å². The molecule has 26 heavy (non-hydrogen) atoms. The highest BCUT2D eigenvalue weighted by Gasteiger charge is 2.34. The van der Waals surface area contributed by atoms with Crippen LogP contribution in [0.15, 0.2) is 29.3 Å². The fraction of sp³-hybridized carbons (Fsp3) is 0.438. The molecule has 0 radical (unpaired) electrons. The van der Waals surface area contributed by atoms with Gasteiger partial charge in [-0.2, -0.15) is 5.10 Å². The van der Waals surface area contributed by atoms with Gasteiger partial charge in [0.15, 0.2) is 5.03 Å². The van der Waals surface area contributed by atoms with Crippen LogP contribution in [0.5, 0.6) is 0 Å². The van der Waals surface area contributed by atoms with Crippen molar-refractivity contribution in [2.75, 3.05) is 18.0 Å². The van der Waals surface area contributed by atoms with Gasteiger partial charge in [-0.25, -0.2) is 26.3 Å². The van der Waals surface area contributed by atoms with Crippen molar-refractivity contribution in [3.63, 3.8) is 0 Å². The first kappa shape index (κ1) is 18.7. The molecule has 142 valence electrons. The molecule has 0 saturated carbocycles. The number of benzene rings is 1. The summed E-state index contributed by atoms with van der Waals surface area (Å²) in [5.74, 6) is -0.391. The van der Waals surface area contributed by atoms with Gasteiger partial charge >= 0.3 is 0 Å². The molecular weight excluding hydrogens is 369 g/mol. The molecule has 1 saturated heterocycles. The van der Waals surface area contributed by atoms with Crippen molar-refractivity contribution in [2.24, 2.45) is 7.05 Å². The highest BCUT2D eigenvalue weighted by atomic mass is 32.2. The number of hydrogen-bond donors (Lipinski definition) is 1. The molecule has 1 N–H and O–H groups in total. The average Bonchev–Trinajstić information content (AvgIpc) is 3.11. The van der Waals surface area contributed by atoms with Crippen molar-refractivity contribution in [2.45, 2.75) is 30.8 Å². The largest absolute Gasteiger partial charge is 0.368 e. The molecule has 6 nitrogen and oxygen atoms in total. The van der Waals surface area contributed by atoms with Gasteiger partial charge in [-0.3, -0.25) is 4.68 Å². The first-order chi connectivity index (χ1) is 12.2. The van der Waals surface area contributed by atoms with Gasteiger partial charge in [0.05, 0.1) is 16.9 Å². The number of alkyl halides is 2. The molecule has 1 aromatic heterocycles. The van der Waals surface area contributed by atoms with Crippen molar-refractivity contribution in [1.29, 1.82) is 0 Å². The second-order valence-corrected chi connectivity index (χ2v) is 7.86. The molecule has 0 amide bonds. The van der Waals surface area contributed by atoms with Crippen LogP contribution in [0.25, 0.3) is 0 Å². The van der Waals surface area contributed by atoms with Gasteiger partial charge < -0.3 is 4.90 Å². The first-order valence-electron chi connectivity index (χ1n) is 8.04. The number of nitrogens with one attached hydrogen (secondary N) is 1. The van der Waals surface area contributed by atoms with Crippen molar-refractivity contribution < 1.29 is 21.6 Å². The highest BCUT2D eigenvalue weighted by molar-refractivity contribution is 7.89. The van der Waals surface area contributed by atoms with Crippen LogP contribution in [0.1, 0.15) is 24.1 Å². The maximum atomic E-state index is 13.9. The Kier molecular flexibility index (Phi) is 4.98. The average molecular weight is 388 g/mol. The lowest BCUT2D eigenvalue weighted by Gasteiger charge is -2.19. The summed E-state index contributed by atoms with van der Waals surface area (Å²) >= 11 is 0. The van der Waals surface area contributed by atoms with Crippen molar-refractivity contribution in [3.8, 4) is 0 Å². The Bertz CT molecular complexity index is 914. The van der Waals surface area contributed by atoms with Crippen LogP contribution in [0.4, 0.5) is 18.9 Å². The molecule has 0 aliphatic carbocycles. The molecule has 1 aliphatic heterocycles. The summed E-state index contributed by atoms with van der Waals surface area (Å²) in [5, 5.41) is 3.27. The van der Waals surface area contributed by atoms with Gasteiger partial charge in [-0.1, -0.05) is 12.1 Å². The normalized spacial score (nSPS) is 18.1. The minimum Gasteiger partial charge on any atom is -0.368 e. The third-order valence-electron chi connectivity index (χ3n) is 4.39. The lowest BCUT2D eigenvalue weighted by atomic mass is 10.3. The number of nitrogens with zero attached hydrogens (tertiary/aromatic N) is 3. The van der Waals surface area contributed by atoms with Crippen molar-refractivity contribution in [1.82, 2.24) is 14.5 Å². The number of rotatable bonds is 5. The minimum absolute atomic E-state index is 0.0257. The minimum atomic E-state index is -4.19. The quantitative estimate of drug-likeness (QED) is 0.854. The first-order valence-corrected chi connectivity index (χ1v) is 9.52. The summed E-state index contributed by atoms with van der Waals surface area (Å²) in [5.41, 5.74) is -0.231. The summed E-state index contributed by atoms with van der Waals surface area (Å²) in [7, 11) is -2.88. The second-order valence-electron chi connectivity index (χ2n) is 6.23. The van der Waals surface area contributed by atoms with E-state index in [1.54, 1.807) is 23.1 Å². The summed E-state index contributed by atoms with van der Waals surface area (Å²) in [6.07, 6.45) is -2.51. The SMILES string of the molecule is Cc1nn(C)c(S(=O)(=O)NC2CCN(c3ccccc3F)C2)c1C(F)F. The molecule has 10 heteroatoms. The molecule has 3 rings (SSSR count). The Morgan fingerprint density at radius 2 is 2.00 bits per heavy atom. The van der Waals surface area contributed by atoms with E-state index < -0.39 is 38.9 Å². The molecule has 0 bridgehead atoms. The zero-order chi connectivity index (χ0) is 19.1. The molecule has 1 unspecified atom stereocenters. The molecule has 2 aromatic rings. The summed E-state index contributed by atoms with van der Waals surface area (Å²) < 4.78 is 69.2. The van der Waals surface area contributed by atoms with E-state index in [-0.39, 0.29) is 12.2 Å². The van der Waals surface area contributed by atoms with E-state index in [1.807, 2.05) is 0 Å². The maximum Gasteiger partial charge on any atom is 0.268 e. The number of anilines is 1. The van der Waals surface area contributed by atoms with Crippen LogP contribution in [-0.4, -0.2) is 37.3 Å². The van der Waals surface area contributed by atoms with E-state index in [0.717, 1.165) is 4.68 Å². The van der Waals surface area contributed by atoms with Gasteiger partial charge in [0.2, 0.25) is 0 Å². The van der Waals surface area contributed by atoms with Gasteiger partial charge in [0.1, 0.15) is 5.82 Å². The Hall–Kier alpha value is -2.07. The molecule has 0 spiro atoms. The lowest BCUT2D eigenvalue weighted by molar-refractivity contribution is 0.146. The van der Waals surface area contributed by atoms with Crippen LogP contribution < -0.4 is 9.62 Å². The maximum absolute atomic E-state index is 13.9. The van der Waals surface area contributed by atoms with Crippen LogP contribution >= 0.6 is 0 Å². The third kappa shape index (κ3) is 3.43. The Balaban J connectivity index is 1.81. The van der Waals surface area contributed by atoms with Gasteiger partial charge in [0, 0.05) is 26.2 Å². The van der Waals surface area contributed by atoms with Gasteiger partial charge in [0.25, 0.3) is 16.4 Å². The van der Waals surface area contributed by atoms with E-state index >= 15 is 0 Å². The van der Waals surface area contributed by atoms with E-state index in [0.29, 0.717) is 18.7 Å². The molecule has 1 aromatic carbocycles. The van der Waals surface area contributed by atoms with Crippen LogP contribution in [0.2, 0.25) is 0 Å². The monoisotopic (exact) mass is 388 g/mol. The summed E-state index contributed by atoms with van der Waals surface area (Å²) in [4.78, 5) is 1.73. The highest BCUT2D eigenvalue weighted by Crippen LogP contribution is 2.30. The summed E-state index contributed by atoms with van der Waals surface area (Å²) in [6.45, 7) is 2.05. The molecule has 1 aliphatic rings. The van der Waals surface area contributed by atoms with E-state index in [2.05, 4.69) is 9.82 Å². The van der Waals surface area contributed by atoms with E-state index in [9.17, 15) is 21.6 Å². The predicted molar refractivity (Wildman–Crippen MR) is 90.2 cm³/mol. The number of sulfonamides is 1. The molecular formula is C16H19F3N4O2S. The third-order valence-corrected chi connectivity index (χ3v) is 6.03. The summed E-state index contributed by atoms with van der Waals surface area (Å²) in [6, 6.07) is 5.71. The topological polar surface area (TPSA) is 67.2 Å². The number of aryl methyl sites for hydroxylation is 2. The lowest BCUT2D eigenvalue weighted by Crippen LogP contribution is -2.38. The number of halogens is 3. The fourth-order valence-corrected chi connectivity index (χ4v) is 4.94. The number of hydrogen-bond acceptors (Lipinski definition) is 4. The van der Waals surface area contributed by atoms with E-state index in [1.165, 1.54) is 20.0 Å². The second kappa shape index (κ2) is 6.92. The molecule has 1 fully saturated rings. The van der Waals surface area contributed by atoms with Crippen molar-refractivity contribution >= 4 is 15.7 Å². The number of aromatic nitrogens is 2. The fourth-order valence-electron chi connectivity index (χ4n) is 3.28. The van der Waals surface area contributed by atoms with E-state index in [4.69, 9.17) is 0 Å². The van der Waals surface area contributed by atoms with Gasteiger partial charge in [-0.05, 0) is 25.5 Å². The number of para-hydroxylation sites is 1. The standard InChI is InChI=1S/C16H19F3N4O2S/c1-10-14(15(18)19)16(22(2)20-10)26(24,25)21-11-7-8-23(9-11)13-6-4-3-5-12(13)17/h3-6,11,15,21H,7-9H2,1-2H3. The zero-order valence-corrected chi connectivity index (χ0v) is 15.1. The molecule has 2 heterocycles. The molecule has 1 atom stereocenters. The smallest absolute Gasteiger partial charge is 0.268 e. The Morgan fingerprint density at radius 1 is 1.31 bits per heavy atom. The Morgan fingerprint density at radius 3 is 2.65 bits per heavy atom. The Labute approximate surface area is 149 Å². The van der Waals surface area contributed by atoms with Crippen LogP contribution in [0, 0.1) is 12.7 Å². The zero-order valence-electron chi connectivity index (χ0n) is 14.3. The van der Waals surface area contributed by atoms with Crippen LogP contribution in [-0.2, 0) is 17.1 Å².